The van der Waals surface area contributed by atoms with Crippen molar-refractivity contribution in [1.29, 1.82) is 0 Å². The third-order valence-electron chi connectivity index (χ3n) is 5.40. The van der Waals surface area contributed by atoms with Crippen molar-refractivity contribution in [3.63, 3.8) is 0 Å². The van der Waals surface area contributed by atoms with E-state index in [0.717, 1.165) is 38.8 Å². The summed E-state index contributed by atoms with van der Waals surface area (Å²) >= 11 is 0. The van der Waals surface area contributed by atoms with E-state index in [1.165, 1.54) is 0 Å². The van der Waals surface area contributed by atoms with Crippen LogP contribution in [0.2, 0.25) is 0 Å². The van der Waals surface area contributed by atoms with E-state index in [4.69, 9.17) is 0 Å². The van der Waals surface area contributed by atoms with Crippen LogP contribution in [0.1, 0.15) is 32.6 Å². The fraction of sp³-hybridized carbons (Fsp3) is 0.556. The monoisotopic (exact) mass is 376 g/mol. The van der Waals surface area contributed by atoms with Crippen LogP contribution in [0.15, 0.2) is 33.6 Å². The highest BCUT2D eigenvalue weighted by atomic mass is 32.2. The zero-order chi connectivity index (χ0) is 18.3. The number of fused-ring (bicyclic) bond motifs is 1. The van der Waals surface area contributed by atoms with Crippen LogP contribution in [0.4, 0.5) is 5.69 Å². The molecule has 2 fully saturated rings. The first-order chi connectivity index (χ1) is 12.4. The molecule has 0 radical (unpaired) electrons. The Morgan fingerprint density at radius 2 is 1.85 bits per heavy atom. The Kier molecular flexibility index (Phi) is 4.48. The highest BCUT2D eigenvalue weighted by molar-refractivity contribution is 7.90. The molecule has 4 rings (SSSR count). The number of sulfonamides is 1. The molecule has 0 aromatic heterocycles. The number of carbonyl (C=O) groups excluding carboxylic acids is 1. The maximum Gasteiger partial charge on any atom is 0.286 e. The molecule has 1 saturated carbocycles. The van der Waals surface area contributed by atoms with E-state index in [0.29, 0.717) is 30.2 Å². The van der Waals surface area contributed by atoms with Gasteiger partial charge in [-0.25, -0.2) is 0 Å². The molecule has 1 aliphatic carbocycles. The molecule has 140 valence electrons. The Bertz CT molecular complexity index is 840. The van der Waals surface area contributed by atoms with Crippen molar-refractivity contribution in [2.45, 2.75) is 49.6 Å². The van der Waals surface area contributed by atoms with E-state index in [1.54, 1.807) is 25.1 Å². The summed E-state index contributed by atoms with van der Waals surface area (Å²) in [4.78, 5) is 16.0. The molecule has 2 aliphatic heterocycles. The maximum absolute atomic E-state index is 12.5. The molecule has 2 heterocycles. The van der Waals surface area contributed by atoms with Gasteiger partial charge in [0.1, 0.15) is 10.7 Å². The van der Waals surface area contributed by atoms with Gasteiger partial charge in [-0.05, 0) is 37.8 Å². The second-order valence-electron chi connectivity index (χ2n) is 7.27. The molecule has 7 nitrogen and oxygen atoms in total. The number of para-hydroxylation sites is 1. The average Bonchev–Trinajstić information content (AvgIpc) is 3.44. The van der Waals surface area contributed by atoms with E-state index in [-0.39, 0.29) is 10.8 Å². The summed E-state index contributed by atoms with van der Waals surface area (Å²) in [6.07, 6.45) is 4.13. The first-order valence-electron chi connectivity index (χ1n) is 9.15. The number of benzene rings is 1. The van der Waals surface area contributed by atoms with Crippen molar-refractivity contribution in [3.8, 4) is 0 Å². The predicted octanol–water partition coefficient (Wildman–Crippen LogP) is 1.67. The Labute approximate surface area is 154 Å². The molecule has 3 aliphatic rings. The number of nitrogens with zero attached hydrogens (tertiary/aromatic N) is 3. The van der Waals surface area contributed by atoms with E-state index in [1.807, 2.05) is 11.0 Å². The van der Waals surface area contributed by atoms with E-state index >= 15 is 0 Å². The molecular formula is C18H24N4O3S. The number of piperidine rings is 1. The third-order valence-corrected chi connectivity index (χ3v) is 6.77. The minimum absolute atomic E-state index is 0.127. The topological polar surface area (TPSA) is 82.1 Å². The van der Waals surface area contributed by atoms with Crippen molar-refractivity contribution < 1.29 is 13.2 Å². The molecule has 0 atom stereocenters. The number of anilines is 1. The van der Waals surface area contributed by atoms with Gasteiger partial charge >= 0.3 is 0 Å². The molecule has 1 aromatic carbocycles. The molecular weight excluding hydrogens is 352 g/mol. The number of amides is 1. The van der Waals surface area contributed by atoms with Crippen molar-refractivity contribution in [2.24, 2.45) is 4.40 Å². The van der Waals surface area contributed by atoms with Gasteiger partial charge in [0.05, 0.1) is 12.2 Å². The minimum atomic E-state index is -3.65. The minimum Gasteiger partial charge on any atom is -0.343 e. The van der Waals surface area contributed by atoms with Crippen LogP contribution in [-0.2, 0) is 14.8 Å². The van der Waals surface area contributed by atoms with E-state index in [9.17, 15) is 13.2 Å². The number of rotatable bonds is 4. The van der Waals surface area contributed by atoms with Gasteiger partial charge in [0.25, 0.3) is 10.0 Å². The van der Waals surface area contributed by atoms with Gasteiger partial charge in [-0.2, -0.15) is 8.42 Å². The van der Waals surface area contributed by atoms with Gasteiger partial charge in [-0.15, -0.1) is 4.40 Å². The molecule has 0 bridgehead atoms. The third kappa shape index (κ3) is 3.48. The second-order valence-corrected chi connectivity index (χ2v) is 8.85. The van der Waals surface area contributed by atoms with Crippen LogP contribution in [0.25, 0.3) is 0 Å². The van der Waals surface area contributed by atoms with Gasteiger partial charge in [0, 0.05) is 32.1 Å². The van der Waals surface area contributed by atoms with Crippen molar-refractivity contribution >= 4 is 27.5 Å². The van der Waals surface area contributed by atoms with E-state index < -0.39 is 10.0 Å². The molecule has 1 N–H and O–H groups in total. The number of nitrogens with one attached hydrogen (secondary N) is 1. The number of hydrogen-bond donors (Lipinski definition) is 1. The molecule has 26 heavy (non-hydrogen) atoms. The fourth-order valence-electron chi connectivity index (χ4n) is 3.88. The largest absolute Gasteiger partial charge is 0.343 e. The maximum atomic E-state index is 12.5. The number of amidine groups is 1. The summed E-state index contributed by atoms with van der Waals surface area (Å²) in [5, 5.41) is 3.20. The molecule has 1 saturated heterocycles. The van der Waals surface area contributed by atoms with Crippen molar-refractivity contribution in [2.75, 3.05) is 25.0 Å². The molecule has 0 unspecified atom stereocenters. The number of carbonyl (C=O) groups is 1. The van der Waals surface area contributed by atoms with Gasteiger partial charge in [0.15, 0.2) is 0 Å². The Balaban J connectivity index is 1.50. The van der Waals surface area contributed by atoms with Crippen LogP contribution < -0.4 is 5.32 Å². The van der Waals surface area contributed by atoms with Gasteiger partial charge in [-0.1, -0.05) is 12.1 Å². The summed E-state index contributed by atoms with van der Waals surface area (Å²) in [6.45, 7) is 3.65. The first-order valence-corrected chi connectivity index (χ1v) is 10.6. The smallest absolute Gasteiger partial charge is 0.286 e. The summed E-state index contributed by atoms with van der Waals surface area (Å²) in [5.74, 6) is 0.618. The molecule has 1 amide bonds. The predicted molar refractivity (Wildman–Crippen MR) is 99.7 cm³/mol. The highest BCUT2D eigenvalue weighted by Gasteiger charge is 2.37. The normalized spacial score (nSPS) is 22.5. The number of likely N-dealkylation sites (tertiary alicyclic amines) is 1. The van der Waals surface area contributed by atoms with Crippen LogP contribution >= 0.6 is 0 Å². The number of hydrogen-bond acceptors (Lipinski definition) is 5. The van der Waals surface area contributed by atoms with Crippen molar-refractivity contribution in [1.82, 2.24) is 9.80 Å². The standard InChI is InChI=1S/C18H24N4O3S/c1-13(23)21-10-8-15(9-11-21)22(14-6-7-14)12-18-19-16-4-2-3-5-17(16)26(24,25)20-18/h2-5,14-15H,6-12H2,1H3,(H,19,20). The summed E-state index contributed by atoms with van der Waals surface area (Å²) < 4.78 is 28.9. The summed E-state index contributed by atoms with van der Waals surface area (Å²) in [7, 11) is -3.65. The molecule has 0 spiro atoms. The summed E-state index contributed by atoms with van der Waals surface area (Å²) in [6, 6.07) is 7.73. The zero-order valence-corrected chi connectivity index (χ0v) is 15.7. The zero-order valence-electron chi connectivity index (χ0n) is 14.9. The van der Waals surface area contributed by atoms with Crippen LogP contribution in [0.3, 0.4) is 0 Å². The Morgan fingerprint density at radius 3 is 2.50 bits per heavy atom. The highest BCUT2D eigenvalue weighted by Crippen LogP contribution is 2.33. The molecule has 1 aromatic rings. The second kappa shape index (κ2) is 6.66. The fourth-order valence-corrected chi connectivity index (χ4v) is 5.02. The van der Waals surface area contributed by atoms with Gasteiger partial charge in [-0.3, -0.25) is 9.69 Å². The lowest BCUT2D eigenvalue weighted by molar-refractivity contribution is -0.130. The molecule has 8 heteroatoms. The average molecular weight is 376 g/mol. The SMILES string of the molecule is CC(=O)N1CCC(N(CC2=NS(=O)(=O)c3ccccc3N2)C2CC2)CC1. The Morgan fingerprint density at radius 1 is 1.19 bits per heavy atom. The van der Waals surface area contributed by atoms with Gasteiger partial charge < -0.3 is 10.2 Å². The lowest BCUT2D eigenvalue weighted by atomic mass is 10.0. The van der Waals surface area contributed by atoms with E-state index in [2.05, 4.69) is 14.6 Å². The lowest BCUT2D eigenvalue weighted by Gasteiger charge is -2.39. The van der Waals surface area contributed by atoms with Crippen LogP contribution in [0, 0.1) is 0 Å². The summed E-state index contributed by atoms with van der Waals surface area (Å²) in [5.41, 5.74) is 0.597. The first kappa shape index (κ1) is 17.5. The van der Waals surface area contributed by atoms with Crippen LogP contribution in [0.5, 0.6) is 0 Å². The van der Waals surface area contributed by atoms with Crippen LogP contribution in [-0.4, -0.2) is 61.7 Å². The van der Waals surface area contributed by atoms with Gasteiger partial charge in [0.2, 0.25) is 5.91 Å². The Hall–Kier alpha value is -1.93. The van der Waals surface area contributed by atoms with Crippen molar-refractivity contribution in [3.05, 3.63) is 24.3 Å². The quantitative estimate of drug-likeness (QED) is 0.864. The lowest BCUT2D eigenvalue weighted by Crippen LogP contribution is -2.49.